The Morgan fingerprint density at radius 2 is 1.85 bits per heavy atom. The van der Waals surface area contributed by atoms with Gasteiger partial charge in [-0.15, -0.1) is 11.8 Å². The lowest BCUT2D eigenvalue weighted by Crippen LogP contribution is -2.19. The number of amides is 1. The summed E-state index contributed by atoms with van der Waals surface area (Å²) in [5, 5.41) is 15.7. The molecule has 0 aliphatic carbocycles. The highest BCUT2D eigenvalue weighted by Gasteiger charge is 2.10. The highest BCUT2D eigenvalue weighted by atomic mass is 79.9. The Hall–Kier alpha value is -2.59. The molecule has 0 saturated carbocycles. The van der Waals surface area contributed by atoms with E-state index >= 15 is 0 Å². The van der Waals surface area contributed by atoms with Crippen molar-refractivity contribution in [2.75, 3.05) is 5.75 Å². The Balaban J connectivity index is 1.53. The van der Waals surface area contributed by atoms with Gasteiger partial charge in [0, 0.05) is 22.1 Å². The van der Waals surface area contributed by atoms with E-state index in [0.29, 0.717) is 25.8 Å². The molecule has 0 heterocycles. The highest BCUT2D eigenvalue weighted by Crippen LogP contribution is 2.34. The Labute approximate surface area is 212 Å². The number of rotatable bonds is 9. The first-order chi connectivity index (χ1) is 15.8. The first kappa shape index (κ1) is 25.0. The number of nitro benzene ring substituents is 1. The third-order valence-corrected chi connectivity index (χ3v) is 6.27. The lowest BCUT2D eigenvalue weighted by molar-refractivity contribution is -0.384. The van der Waals surface area contributed by atoms with Gasteiger partial charge in [-0.2, -0.15) is 5.10 Å². The van der Waals surface area contributed by atoms with Crippen LogP contribution in [0.1, 0.15) is 11.1 Å². The number of ether oxygens (including phenoxy) is 1. The van der Waals surface area contributed by atoms with Crippen LogP contribution in [0.15, 0.2) is 75.1 Å². The van der Waals surface area contributed by atoms with Crippen LogP contribution in [-0.4, -0.2) is 22.8 Å². The van der Waals surface area contributed by atoms with Gasteiger partial charge in [-0.1, -0.05) is 23.2 Å². The molecular weight excluding hydrogens is 553 g/mol. The van der Waals surface area contributed by atoms with Crippen molar-refractivity contribution >= 4 is 68.7 Å². The van der Waals surface area contributed by atoms with Gasteiger partial charge < -0.3 is 4.74 Å². The van der Waals surface area contributed by atoms with Crippen LogP contribution in [-0.2, 0) is 11.4 Å². The second kappa shape index (κ2) is 12.0. The Kier molecular flexibility index (Phi) is 9.13. The van der Waals surface area contributed by atoms with Gasteiger partial charge in [0.05, 0.1) is 26.4 Å². The van der Waals surface area contributed by atoms with Crippen LogP contribution in [0, 0.1) is 10.1 Å². The highest BCUT2D eigenvalue weighted by molar-refractivity contribution is 9.10. The summed E-state index contributed by atoms with van der Waals surface area (Å²) in [6, 6.07) is 16.7. The van der Waals surface area contributed by atoms with Gasteiger partial charge in [0.2, 0.25) is 5.91 Å². The van der Waals surface area contributed by atoms with E-state index in [-0.39, 0.29) is 24.0 Å². The summed E-state index contributed by atoms with van der Waals surface area (Å²) >= 11 is 17.0. The number of carbonyl (C=O) groups excluding carboxylic acids is 1. The van der Waals surface area contributed by atoms with Crippen LogP contribution >= 0.6 is 50.9 Å². The van der Waals surface area contributed by atoms with E-state index in [1.54, 1.807) is 36.4 Å². The minimum absolute atomic E-state index is 0.0114. The van der Waals surface area contributed by atoms with E-state index in [0.717, 1.165) is 10.5 Å². The fraction of sp³-hybridized carbons (Fsp3) is 0.0909. The number of benzene rings is 3. The van der Waals surface area contributed by atoms with Gasteiger partial charge >= 0.3 is 0 Å². The number of carbonyl (C=O) groups is 1. The molecule has 0 unspecified atom stereocenters. The van der Waals surface area contributed by atoms with E-state index in [9.17, 15) is 14.9 Å². The van der Waals surface area contributed by atoms with Gasteiger partial charge in [0.15, 0.2) is 5.75 Å². The van der Waals surface area contributed by atoms with Crippen molar-refractivity contribution in [3.05, 3.63) is 96.4 Å². The van der Waals surface area contributed by atoms with Crippen LogP contribution < -0.4 is 10.2 Å². The SMILES string of the molecule is O=C(CSc1ccc(Cl)cc1)N/N=C\c1cc(Cl)c(OCc2ccc([N+](=O)[O-])cc2)c(Br)c1. The maximum absolute atomic E-state index is 12.0. The van der Waals surface area contributed by atoms with E-state index in [4.69, 9.17) is 27.9 Å². The van der Waals surface area contributed by atoms with Crippen molar-refractivity contribution in [2.24, 2.45) is 5.10 Å². The largest absolute Gasteiger partial charge is 0.486 e. The van der Waals surface area contributed by atoms with Crippen molar-refractivity contribution in [1.82, 2.24) is 5.43 Å². The predicted octanol–water partition coefficient (Wildman–Crippen LogP) is 6.49. The Morgan fingerprint density at radius 3 is 2.48 bits per heavy atom. The molecule has 0 bridgehead atoms. The summed E-state index contributed by atoms with van der Waals surface area (Å²) in [7, 11) is 0. The molecule has 0 radical (unpaired) electrons. The van der Waals surface area contributed by atoms with E-state index in [1.165, 1.54) is 30.1 Å². The maximum atomic E-state index is 12.0. The summed E-state index contributed by atoms with van der Waals surface area (Å²) < 4.78 is 6.36. The molecule has 11 heteroatoms. The number of non-ortho nitro benzene ring substituents is 1. The van der Waals surface area contributed by atoms with Gasteiger partial charge in [-0.3, -0.25) is 14.9 Å². The second-order valence-electron chi connectivity index (χ2n) is 6.56. The maximum Gasteiger partial charge on any atom is 0.269 e. The quantitative estimate of drug-likeness (QED) is 0.138. The first-order valence-electron chi connectivity index (χ1n) is 9.37. The van der Waals surface area contributed by atoms with Crippen LogP contribution in [0.3, 0.4) is 0 Å². The summed E-state index contributed by atoms with van der Waals surface area (Å²) in [5.74, 6) is 0.383. The lowest BCUT2D eigenvalue weighted by atomic mass is 10.2. The second-order valence-corrected chi connectivity index (χ2v) is 9.31. The standard InChI is InChI=1S/C22H16BrCl2N3O4S/c23-19-9-15(11-26-27-21(29)13-33-18-7-3-16(24)4-8-18)10-20(25)22(19)32-12-14-1-5-17(6-2-14)28(30)31/h1-11H,12-13H2,(H,27,29)/b26-11-. The van der Waals surface area contributed by atoms with E-state index < -0.39 is 4.92 Å². The molecular formula is C22H16BrCl2N3O4S. The molecule has 3 aromatic rings. The zero-order valence-corrected chi connectivity index (χ0v) is 20.7. The molecule has 7 nitrogen and oxygen atoms in total. The minimum Gasteiger partial charge on any atom is -0.486 e. The van der Waals surface area contributed by atoms with Crippen LogP contribution in [0.5, 0.6) is 5.75 Å². The van der Waals surface area contributed by atoms with Crippen LogP contribution in [0.25, 0.3) is 0 Å². The molecule has 170 valence electrons. The molecule has 1 amide bonds. The van der Waals surface area contributed by atoms with Gasteiger partial charge in [-0.05, 0) is 75.6 Å². The number of hydrazone groups is 1. The first-order valence-corrected chi connectivity index (χ1v) is 11.9. The minimum atomic E-state index is -0.459. The third kappa shape index (κ3) is 7.75. The van der Waals surface area contributed by atoms with E-state index in [2.05, 4.69) is 26.5 Å². The molecule has 0 aromatic heterocycles. The fourth-order valence-corrected chi connectivity index (χ4v) is 4.36. The lowest BCUT2D eigenvalue weighted by Gasteiger charge is -2.11. The van der Waals surface area contributed by atoms with E-state index in [1.807, 2.05) is 12.1 Å². The molecule has 3 rings (SSSR count). The molecule has 3 aromatic carbocycles. The molecule has 1 N–H and O–H groups in total. The van der Waals surface area contributed by atoms with Gasteiger partial charge in [-0.25, -0.2) is 5.43 Å². The van der Waals surface area contributed by atoms with Crippen LogP contribution in [0.2, 0.25) is 10.0 Å². The number of nitro groups is 1. The van der Waals surface area contributed by atoms with Gasteiger partial charge in [0.1, 0.15) is 6.61 Å². The number of nitrogens with one attached hydrogen (secondary N) is 1. The Bertz CT molecular complexity index is 1150. The zero-order valence-electron chi connectivity index (χ0n) is 16.8. The number of halogens is 3. The van der Waals surface area contributed by atoms with Gasteiger partial charge in [0.25, 0.3) is 5.69 Å². The summed E-state index contributed by atoms with van der Waals surface area (Å²) in [4.78, 5) is 23.2. The number of hydrogen-bond acceptors (Lipinski definition) is 6. The van der Waals surface area contributed by atoms with Crippen molar-refractivity contribution in [2.45, 2.75) is 11.5 Å². The summed E-state index contributed by atoms with van der Waals surface area (Å²) in [6.45, 7) is 0.186. The molecule has 0 atom stereocenters. The third-order valence-electron chi connectivity index (χ3n) is 4.14. The molecule has 0 spiro atoms. The average Bonchev–Trinajstić information content (AvgIpc) is 2.78. The van der Waals surface area contributed by atoms with Crippen molar-refractivity contribution in [3.8, 4) is 5.75 Å². The monoisotopic (exact) mass is 567 g/mol. The molecule has 0 aliphatic heterocycles. The van der Waals surface area contributed by atoms with Crippen molar-refractivity contribution in [3.63, 3.8) is 0 Å². The molecule has 0 fully saturated rings. The number of thioether (sulfide) groups is 1. The Morgan fingerprint density at radius 1 is 1.15 bits per heavy atom. The summed E-state index contributed by atoms with van der Waals surface area (Å²) in [5.41, 5.74) is 3.89. The topological polar surface area (TPSA) is 93.8 Å². The molecule has 0 saturated heterocycles. The smallest absolute Gasteiger partial charge is 0.269 e. The summed E-state index contributed by atoms with van der Waals surface area (Å²) in [6.07, 6.45) is 1.47. The molecule has 0 aliphatic rings. The average molecular weight is 569 g/mol. The van der Waals surface area contributed by atoms with Crippen molar-refractivity contribution in [1.29, 1.82) is 0 Å². The zero-order chi connectivity index (χ0) is 23.8. The van der Waals surface area contributed by atoms with Crippen molar-refractivity contribution < 1.29 is 14.5 Å². The number of hydrogen-bond donors (Lipinski definition) is 1. The predicted molar refractivity (Wildman–Crippen MR) is 134 cm³/mol. The van der Waals surface area contributed by atoms with Crippen LogP contribution in [0.4, 0.5) is 5.69 Å². The fourth-order valence-electron chi connectivity index (χ4n) is 2.55. The normalized spacial score (nSPS) is 10.9. The number of nitrogens with zero attached hydrogens (tertiary/aromatic N) is 2. The molecule has 33 heavy (non-hydrogen) atoms.